The number of benzene rings is 3. The number of ether oxygens (including phenoxy) is 1. The topological polar surface area (TPSA) is 63.7 Å². The standard InChI is InChI=1S/C22H17ClFNO4S/c23-19-4-2-1-3-15(19)14-21(26)16-5-10-22-20(13-16)25(11-12-29-22)30(27,28)18-8-6-17(24)7-9-18/h1-10,13H,11-12,14H2. The van der Waals surface area contributed by atoms with Crippen molar-refractivity contribution >= 4 is 33.1 Å². The van der Waals surface area contributed by atoms with Crippen LogP contribution in [-0.4, -0.2) is 27.4 Å². The Labute approximate surface area is 178 Å². The molecular formula is C22H17ClFNO4S. The number of fused-ring (bicyclic) bond motifs is 1. The van der Waals surface area contributed by atoms with Gasteiger partial charge in [0.25, 0.3) is 10.0 Å². The fraction of sp³-hybridized carbons (Fsp3) is 0.136. The van der Waals surface area contributed by atoms with Gasteiger partial charge in [-0.2, -0.15) is 0 Å². The zero-order chi connectivity index (χ0) is 21.3. The molecule has 5 nitrogen and oxygen atoms in total. The molecule has 1 aliphatic rings. The Balaban J connectivity index is 1.69. The van der Waals surface area contributed by atoms with Gasteiger partial charge in [-0.15, -0.1) is 0 Å². The minimum atomic E-state index is -3.95. The third kappa shape index (κ3) is 3.91. The molecule has 1 aliphatic heterocycles. The van der Waals surface area contributed by atoms with E-state index in [0.29, 0.717) is 21.9 Å². The molecule has 3 aromatic rings. The molecule has 0 N–H and O–H groups in total. The maximum absolute atomic E-state index is 13.2. The zero-order valence-electron chi connectivity index (χ0n) is 15.7. The number of carbonyl (C=O) groups is 1. The number of nitrogens with zero attached hydrogens (tertiary/aromatic N) is 1. The molecule has 0 fully saturated rings. The SMILES string of the molecule is O=C(Cc1ccccc1Cl)c1ccc2c(c1)N(S(=O)(=O)c1ccc(F)cc1)CCO2. The fourth-order valence-corrected chi connectivity index (χ4v) is 4.92. The summed E-state index contributed by atoms with van der Waals surface area (Å²) >= 11 is 6.15. The molecule has 0 unspecified atom stereocenters. The maximum Gasteiger partial charge on any atom is 0.264 e. The summed E-state index contributed by atoms with van der Waals surface area (Å²) < 4.78 is 46.2. The molecule has 0 aromatic heterocycles. The molecule has 3 aromatic carbocycles. The highest BCUT2D eigenvalue weighted by atomic mass is 35.5. The van der Waals surface area contributed by atoms with E-state index in [-0.39, 0.29) is 35.9 Å². The molecule has 154 valence electrons. The molecule has 30 heavy (non-hydrogen) atoms. The van der Waals surface area contributed by atoms with Gasteiger partial charge < -0.3 is 4.74 Å². The van der Waals surface area contributed by atoms with E-state index in [2.05, 4.69) is 0 Å². The van der Waals surface area contributed by atoms with E-state index in [4.69, 9.17) is 16.3 Å². The first-order chi connectivity index (χ1) is 14.4. The minimum Gasteiger partial charge on any atom is -0.489 e. The van der Waals surface area contributed by atoms with Crippen LogP contribution in [0.1, 0.15) is 15.9 Å². The van der Waals surface area contributed by atoms with Crippen LogP contribution in [-0.2, 0) is 16.4 Å². The average Bonchev–Trinajstić information content (AvgIpc) is 2.74. The van der Waals surface area contributed by atoms with Crippen molar-refractivity contribution in [3.05, 3.63) is 88.7 Å². The Morgan fingerprint density at radius 3 is 2.53 bits per heavy atom. The summed E-state index contributed by atoms with van der Waals surface area (Å²) in [6.45, 7) is 0.245. The zero-order valence-corrected chi connectivity index (χ0v) is 17.3. The number of carbonyl (C=O) groups excluding carboxylic acids is 1. The van der Waals surface area contributed by atoms with Gasteiger partial charge in [0, 0.05) is 17.0 Å². The smallest absolute Gasteiger partial charge is 0.264 e. The number of rotatable bonds is 5. The Bertz CT molecular complexity index is 1210. The molecule has 0 atom stereocenters. The van der Waals surface area contributed by atoms with E-state index < -0.39 is 15.8 Å². The van der Waals surface area contributed by atoms with Crippen LogP contribution in [0, 0.1) is 5.82 Å². The first-order valence-electron chi connectivity index (χ1n) is 9.18. The third-order valence-corrected chi connectivity index (χ3v) is 7.01. The molecule has 8 heteroatoms. The van der Waals surface area contributed by atoms with Crippen LogP contribution in [0.4, 0.5) is 10.1 Å². The summed E-state index contributed by atoms with van der Waals surface area (Å²) in [5.74, 6) is -0.361. The van der Waals surface area contributed by atoms with Crippen molar-refractivity contribution in [3.8, 4) is 5.75 Å². The van der Waals surface area contributed by atoms with Crippen molar-refractivity contribution in [2.45, 2.75) is 11.3 Å². The number of hydrogen-bond donors (Lipinski definition) is 0. The fourth-order valence-electron chi connectivity index (χ4n) is 3.27. The summed E-state index contributed by atoms with van der Waals surface area (Å²) in [6, 6.07) is 16.4. The van der Waals surface area contributed by atoms with Crippen LogP contribution in [0.3, 0.4) is 0 Å². The number of sulfonamides is 1. The molecule has 1 heterocycles. The predicted molar refractivity (Wildman–Crippen MR) is 112 cm³/mol. The van der Waals surface area contributed by atoms with Gasteiger partial charge in [-0.05, 0) is 54.1 Å². The van der Waals surface area contributed by atoms with Crippen molar-refractivity contribution in [2.75, 3.05) is 17.5 Å². The Morgan fingerprint density at radius 2 is 1.80 bits per heavy atom. The van der Waals surface area contributed by atoms with Gasteiger partial charge in [-0.3, -0.25) is 9.10 Å². The quantitative estimate of drug-likeness (QED) is 0.543. The van der Waals surface area contributed by atoms with Crippen LogP contribution < -0.4 is 9.04 Å². The van der Waals surface area contributed by atoms with Gasteiger partial charge in [0.2, 0.25) is 0 Å². The maximum atomic E-state index is 13.2. The first kappa shape index (κ1) is 20.4. The monoisotopic (exact) mass is 445 g/mol. The minimum absolute atomic E-state index is 0.0375. The summed E-state index contributed by atoms with van der Waals surface area (Å²) in [6.07, 6.45) is 0.0873. The molecule has 0 aliphatic carbocycles. The second-order valence-electron chi connectivity index (χ2n) is 6.75. The molecule has 0 saturated heterocycles. The Hall–Kier alpha value is -2.90. The second-order valence-corrected chi connectivity index (χ2v) is 9.02. The number of halogens is 2. The lowest BCUT2D eigenvalue weighted by molar-refractivity contribution is 0.0993. The largest absolute Gasteiger partial charge is 0.489 e. The van der Waals surface area contributed by atoms with Gasteiger partial charge in [-0.25, -0.2) is 12.8 Å². The van der Waals surface area contributed by atoms with E-state index in [9.17, 15) is 17.6 Å². The molecule has 0 radical (unpaired) electrons. The van der Waals surface area contributed by atoms with Gasteiger partial charge >= 0.3 is 0 Å². The second kappa shape index (κ2) is 8.08. The highest BCUT2D eigenvalue weighted by molar-refractivity contribution is 7.92. The van der Waals surface area contributed by atoms with Crippen LogP contribution >= 0.6 is 11.6 Å². The molecule has 0 bridgehead atoms. The summed E-state index contributed by atoms with van der Waals surface area (Å²) in [7, 11) is -3.95. The summed E-state index contributed by atoms with van der Waals surface area (Å²) in [4.78, 5) is 12.8. The Kier molecular flexibility index (Phi) is 5.49. The lowest BCUT2D eigenvalue weighted by atomic mass is 10.0. The van der Waals surface area contributed by atoms with Crippen molar-refractivity contribution in [1.29, 1.82) is 0 Å². The summed E-state index contributed by atoms with van der Waals surface area (Å²) in [5, 5.41) is 0.493. The van der Waals surface area contributed by atoms with E-state index in [1.807, 2.05) is 0 Å². The third-order valence-electron chi connectivity index (χ3n) is 4.81. The summed E-state index contributed by atoms with van der Waals surface area (Å²) in [5.41, 5.74) is 1.31. The van der Waals surface area contributed by atoms with E-state index in [1.54, 1.807) is 36.4 Å². The highest BCUT2D eigenvalue weighted by Crippen LogP contribution is 2.36. The molecular weight excluding hydrogens is 429 g/mol. The molecule has 4 rings (SSSR count). The van der Waals surface area contributed by atoms with Crippen LogP contribution in [0.2, 0.25) is 5.02 Å². The molecule has 0 saturated carbocycles. The van der Waals surface area contributed by atoms with Crippen molar-refractivity contribution in [1.82, 2.24) is 0 Å². The Morgan fingerprint density at radius 1 is 1.07 bits per heavy atom. The van der Waals surface area contributed by atoms with Crippen LogP contribution in [0.25, 0.3) is 0 Å². The first-order valence-corrected chi connectivity index (χ1v) is 11.0. The number of Topliss-reactive ketones (excluding diaryl/α,β-unsaturated/α-hetero) is 1. The number of hydrogen-bond acceptors (Lipinski definition) is 4. The normalized spacial score (nSPS) is 13.5. The predicted octanol–water partition coefficient (Wildman–Crippen LogP) is 4.49. The van der Waals surface area contributed by atoms with E-state index in [1.165, 1.54) is 22.5 Å². The average molecular weight is 446 g/mol. The van der Waals surface area contributed by atoms with Crippen molar-refractivity contribution in [2.24, 2.45) is 0 Å². The number of anilines is 1. The number of ketones is 1. The van der Waals surface area contributed by atoms with E-state index >= 15 is 0 Å². The van der Waals surface area contributed by atoms with Gasteiger partial charge in [0.15, 0.2) is 5.78 Å². The molecule has 0 spiro atoms. The van der Waals surface area contributed by atoms with Gasteiger partial charge in [-0.1, -0.05) is 29.8 Å². The lowest BCUT2D eigenvalue weighted by Gasteiger charge is -2.30. The highest BCUT2D eigenvalue weighted by Gasteiger charge is 2.31. The lowest BCUT2D eigenvalue weighted by Crippen LogP contribution is -2.38. The van der Waals surface area contributed by atoms with Gasteiger partial charge in [0.05, 0.1) is 17.1 Å². The van der Waals surface area contributed by atoms with E-state index in [0.717, 1.165) is 12.1 Å². The van der Waals surface area contributed by atoms with Gasteiger partial charge in [0.1, 0.15) is 18.2 Å². The van der Waals surface area contributed by atoms with Crippen molar-refractivity contribution in [3.63, 3.8) is 0 Å². The molecule has 0 amide bonds. The van der Waals surface area contributed by atoms with Crippen molar-refractivity contribution < 1.29 is 22.3 Å². The van der Waals surface area contributed by atoms with Crippen LogP contribution in [0.5, 0.6) is 5.75 Å². The van der Waals surface area contributed by atoms with Crippen LogP contribution in [0.15, 0.2) is 71.6 Å².